The number of carbonyl (C=O) groups excluding carboxylic acids is 5. The number of benzene rings is 1. The van der Waals surface area contributed by atoms with E-state index in [1.807, 2.05) is 0 Å². The van der Waals surface area contributed by atoms with E-state index in [0.29, 0.717) is 16.8 Å². The summed E-state index contributed by atoms with van der Waals surface area (Å²) >= 11 is 3.41. The lowest BCUT2D eigenvalue weighted by Gasteiger charge is -2.52. The van der Waals surface area contributed by atoms with Crippen molar-refractivity contribution in [3.05, 3.63) is 46.1 Å². The number of fused-ring (bicyclic) bond motifs is 3. The lowest BCUT2D eigenvalue weighted by molar-refractivity contribution is -0.181. The van der Waals surface area contributed by atoms with E-state index in [4.69, 9.17) is 5.73 Å². The van der Waals surface area contributed by atoms with Gasteiger partial charge < -0.3 is 15.9 Å². The molecule has 1 aromatic carbocycles. The van der Waals surface area contributed by atoms with Gasteiger partial charge in [0.25, 0.3) is 0 Å². The van der Waals surface area contributed by atoms with Gasteiger partial charge >= 0.3 is 0 Å². The van der Waals surface area contributed by atoms with Crippen molar-refractivity contribution in [2.75, 3.05) is 14.1 Å². The van der Waals surface area contributed by atoms with Crippen LogP contribution in [0.25, 0.3) is 11.3 Å². The molecule has 6 atom stereocenters. The van der Waals surface area contributed by atoms with Gasteiger partial charge in [-0.15, -0.1) is 0 Å². The Morgan fingerprint density at radius 2 is 1.86 bits per heavy atom. The molecule has 2 unspecified atom stereocenters. The van der Waals surface area contributed by atoms with Gasteiger partial charge in [0.1, 0.15) is 5.75 Å². The van der Waals surface area contributed by atoms with Crippen LogP contribution in [0.15, 0.2) is 34.9 Å². The number of halogens is 1. The van der Waals surface area contributed by atoms with Crippen molar-refractivity contribution in [1.82, 2.24) is 9.88 Å². The van der Waals surface area contributed by atoms with Crippen LogP contribution in [-0.2, 0) is 25.6 Å². The molecule has 3 aliphatic rings. The lowest BCUT2D eigenvalue weighted by Crippen LogP contribution is -2.74. The molecular formula is C26H24BrN3O7. The van der Waals surface area contributed by atoms with Crippen LogP contribution >= 0.6 is 15.9 Å². The van der Waals surface area contributed by atoms with Gasteiger partial charge in [0.2, 0.25) is 5.91 Å². The second kappa shape index (κ2) is 8.64. The number of ketones is 4. The van der Waals surface area contributed by atoms with Crippen molar-refractivity contribution >= 4 is 45.0 Å². The number of pyridine rings is 1. The van der Waals surface area contributed by atoms with Crippen molar-refractivity contribution in [1.29, 1.82) is 0 Å². The van der Waals surface area contributed by atoms with Crippen molar-refractivity contribution in [2.24, 2.45) is 29.4 Å². The van der Waals surface area contributed by atoms with E-state index in [1.165, 1.54) is 11.0 Å². The zero-order valence-corrected chi connectivity index (χ0v) is 21.6. The van der Waals surface area contributed by atoms with Crippen LogP contribution in [0, 0.1) is 23.7 Å². The number of aromatic hydroxyl groups is 1. The molecule has 11 heteroatoms. The first-order valence-electron chi connectivity index (χ1n) is 11.7. The standard InChI is InChI=1S/C26H24BrN3O7/c1-30(2)20-14-8-10-7-13-12(15-9-11(27)5-6-29-15)3-4-16(31)18(13)21(32)17(10)23(34)26(14,37)24(35)19(22(20)33)25(28)36/h3-6,9-10,14,17,19-20,31,37H,7-8H2,1-2H3,(H2,28,36)/t10-,14-,17?,19?,20-,26-/m1/s1. The Kier molecular flexibility index (Phi) is 5.93. The van der Waals surface area contributed by atoms with E-state index in [0.717, 1.165) is 4.47 Å². The third-order valence-corrected chi connectivity index (χ3v) is 8.44. The lowest BCUT2D eigenvalue weighted by atomic mass is 9.52. The number of nitrogens with zero attached hydrogens (tertiary/aromatic N) is 2. The number of phenols is 1. The first kappa shape index (κ1) is 25.4. The quantitative estimate of drug-likeness (QED) is 0.450. The van der Waals surface area contributed by atoms with E-state index in [9.17, 15) is 34.2 Å². The molecule has 0 saturated heterocycles. The topological polar surface area (TPSA) is 168 Å². The van der Waals surface area contributed by atoms with Gasteiger partial charge in [-0.1, -0.05) is 15.9 Å². The predicted octanol–water partition coefficient (Wildman–Crippen LogP) is 0.692. The SMILES string of the molecule is CN(C)[C@H]1C(=O)C(C(N)=O)C(=O)[C@]2(O)C(=O)C3C(=O)c4c(O)ccc(-c5cc(Br)ccn5)c4C[C@@H]3C[C@H]12. The molecule has 0 bridgehead atoms. The average molecular weight is 570 g/mol. The van der Waals surface area contributed by atoms with Crippen LogP contribution in [0.2, 0.25) is 0 Å². The molecule has 1 amide bonds. The molecular weight excluding hydrogens is 546 g/mol. The molecule has 0 radical (unpaired) electrons. The van der Waals surface area contributed by atoms with Gasteiger partial charge in [-0.25, -0.2) is 0 Å². The number of hydrogen-bond donors (Lipinski definition) is 3. The summed E-state index contributed by atoms with van der Waals surface area (Å²) in [6, 6.07) is 5.35. The number of Topliss-reactive ketones (excluding diaryl/α,β-unsaturated/α-hetero) is 4. The van der Waals surface area contributed by atoms with Crippen molar-refractivity contribution in [3.8, 4) is 17.0 Å². The highest BCUT2D eigenvalue weighted by molar-refractivity contribution is 9.10. The summed E-state index contributed by atoms with van der Waals surface area (Å²) in [6.45, 7) is 0. The number of aliphatic hydroxyl groups is 1. The minimum Gasteiger partial charge on any atom is -0.507 e. The molecule has 2 aromatic rings. The van der Waals surface area contributed by atoms with Crippen LogP contribution in [-0.4, -0.2) is 74.9 Å². The van der Waals surface area contributed by atoms with Crippen molar-refractivity contribution in [3.63, 3.8) is 0 Å². The molecule has 2 fully saturated rings. The number of likely N-dealkylation sites (N-methyl/N-ethyl adjacent to an activating group) is 1. The van der Waals surface area contributed by atoms with Crippen molar-refractivity contribution < 1.29 is 34.2 Å². The number of amides is 1. The Labute approximate surface area is 220 Å². The number of aromatic nitrogens is 1. The fourth-order valence-electron chi connectivity index (χ4n) is 6.40. The maximum Gasteiger partial charge on any atom is 0.235 e. The first-order chi connectivity index (χ1) is 17.4. The largest absolute Gasteiger partial charge is 0.507 e. The number of rotatable bonds is 3. The van der Waals surface area contributed by atoms with Crippen LogP contribution in [0.1, 0.15) is 22.3 Å². The van der Waals surface area contributed by atoms with E-state index in [1.54, 1.807) is 38.5 Å². The summed E-state index contributed by atoms with van der Waals surface area (Å²) in [5.74, 6) is -10.7. The summed E-state index contributed by atoms with van der Waals surface area (Å²) in [4.78, 5) is 71.9. The zero-order chi connectivity index (χ0) is 27.0. The van der Waals surface area contributed by atoms with Gasteiger partial charge in [-0.3, -0.25) is 33.9 Å². The maximum atomic E-state index is 13.8. The molecule has 1 aromatic heterocycles. The summed E-state index contributed by atoms with van der Waals surface area (Å²) in [6.07, 6.45) is 1.75. The van der Waals surface area contributed by atoms with Crippen LogP contribution in [0.5, 0.6) is 5.75 Å². The summed E-state index contributed by atoms with van der Waals surface area (Å²) in [7, 11) is 3.09. The smallest absolute Gasteiger partial charge is 0.235 e. The third-order valence-electron chi connectivity index (χ3n) is 7.94. The normalized spacial score (nSPS) is 31.1. The Morgan fingerprint density at radius 1 is 1.16 bits per heavy atom. The Hall–Kier alpha value is -3.28. The van der Waals surface area contributed by atoms with Crippen LogP contribution in [0.4, 0.5) is 0 Å². The molecule has 192 valence electrons. The van der Waals surface area contributed by atoms with E-state index in [-0.39, 0.29) is 24.2 Å². The van der Waals surface area contributed by atoms with Gasteiger partial charge in [-0.05, 0) is 62.7 Å². The summed E-state index contributed by atoms with van der Waals surface area (Å²) < 4.78 is 0.759. The van der Waals surface area contributed by atoms with Gasteiger partial charge in [-0.2, -0.15) is 0 Å². The second-order valence-corrected chi connectivity index (χ2v) is 11.1. The number of carbonyl (C=O) groups is 5. The molecule has 37 heavy (non-hydrogen) atoms. The molecule has 1 heterocycles. The number of phenolic OH excluding ortho intramolecular Hbond substituents is 1. The Bertz CT molecular complexity index is 1410. The fraction of sp³-hybridized carbons (Fsp3) is 0.385. The van der Waals surface area contributed by atoms with E-state index >= 15 is 0 Å². The minimum atomic E-state index is -2.74. The molecule has 2 saturated carbocycles. The third kappa shape index (κ3) is 3.52. The van der Waals surface area contributed by atoms with Crippen LogP contribution in [0.3, 0.4) is 0 Å². The minimum absolute atomic E-state index is 0.00902. The highest BCUT2D eigenvalue weighted by atomic mass is 79.9. The molecule has 4 N–H and O–H groups in total. The van der Waals surface area contributed by atoms with E-state index in [2.05, 4.69) is 20.9 Å². The number of nitrogens with two attached hydrogens (primary N) is 1. The van der Waals surface area contributed by atoms with Crippen molar-refractivity contribution in [2.45, 2.75) is 24.5 Å². The summed E-state index contributed by atoms with van der Waals surface area (Å²) in [5, 5.41) is 22.2. The van der Waals surface area contributed by atoms with Crippen LogP contribution < -0.4 is 5.73 Å². The van der Waals surface area contributed by atoms with Gasteiger partial charge in [0.05, 0.1) is 23.2 Å². The summed E-state index contributed by atoms with van der Waals surface area (Å²) in [5.41, 5.74) is 4.18. The highest BCUT2D eigenvalue weighted by Crippen LogP contribution is 2.51. The Balaban J connectivity index is 1.67. The molecule has 5 rings (SSSR count). The average Bonchev–Trinajstić information content (AvgIpc) is 2.81. The highest BCUT2D eigenvalue weighted by Gasteiger charge is 2.69. The monoisotopic (exact) mass is 569 g/mol. The molecule has 0 spiro atoms. The van der Waals surface area contributed by atoms with Gasteiger partial charge in [0, 0.05) is 22.2 Å². The molecule has 10 nitrogen and oxygen atoms in total. The maximum absolute atomic E-state index is 13.8. The van der Waals surface area contributed by atoms with Gasteiger partial charge in [0.15, 0.2) is 34.7 Å². The number of hydrogen-bond acceptors (Lipinski definition) is 9. The van der Waals surface area contributed by atoms with E-state index < -0.39 is 64.4 Å². The second-order valence-electron chi connectivity index (χ2n) is 10.1. The molecule has 3 aliphatic carbocycles. The Morgan fingerprint density at radius 3 is 2.49 bits per heavy atom. The number of primary amides is 1. The first-order valence-corrected chi connectivity index (χ1v) is 12.5. The fourth-order valence-corrected chi connectivity index (χ4v) is 6.73. The zero-order valence-electron chi connectivity index (χ0n) is 20.0. The molecule has 0 aliphatic heterocycles. The predicted molar refractivity (Wildman–Crippen MR) is 132 cm³/mol.